The Bertz CT molecular complexity index is 294. The molecule has 4 saturated carbocycles. The van der Waals surface area contributed by atoms with Crippen molar-refractivity contribution in [3.05, 3.63) is 12.7 Å². The molecule has 1 atom stereocenters. The minimum Gasteiger partial charge on any atom is -0.314 e. The number of allylic oxidation sites excluding steroid dienone is 1. The van der Waals surface area contributed by atoms with E-state index in [1.165, 1.54) is 32.2 Å². The largest absolute Gasteiger partial charge is 0.314 e. The number of hydrogen-bond acceptors (Lipinski definition) is 1. The third-order valence-electron chi connectivity index (χ3n) is 6.34. The Kier molecular flexibility index (Phi) is 4.86. The predicted molar refractivity (Wildman–Crippen MR) is 86.7 cm³/mol. The van der Waals surface area contributed by atoms with Crippen LogP contribution in [0.1, 0.15) is 64.7 Å². The van der Waals surface area contributed by atoms with E-state index in [1.807, 2.05) is 0 Å². The van der Waals surface area contributed by atoms with Crippen LogP contribution in [0.25, 0.3) is 0 Å². The summed E-state index contributed by atoms with van der Waals surface area (Å²) in [5.74, 6) is 5.33. The van der Waals surface area contributed by atoms with Gasteiger partial charge in [0.05, 0.1) is 0 Å². The van der Waals surface area contributed by atoms with Crippen molar-refractivity contribution < 1.29 is 0 Å². The molecule has 4 bridgehead atoms. The van der Waals surface area contributed by atoms with Gasteiger partial charge in [0.15, 0.2) is 0 Å². The van der Waals surface area contributed by atoms with E-state index in [0.717, 1.165) is 35.6 Å². The second kappa shape index (κ2) is 6.64. The number of rotatable bonds is 8. The summed E-state index contributed by atoms with van der Waals surface area (Å²) in [5, 5.41) is 3.92. The Morgan fingerprint density at radius 1 is 1.10 bits per heavy atom. The van der Waals surface area contributed by atoms with Gasteiger partial charge in [0, 0.05) is 6.04 Å². The third kappa shape index (κ3) is 2.98. The van der Waals surface area contributed by atoms with Crippen LogP contribution in [0.5, 0.6) is 0 Å². The van der Waals surface area contributed by atoms with Crippen LogP contribution in [-0.4, -0.2) is 12.6 Å². The molecule has 114 valence electrons. The second-order valence-electron chi connectivity index (χ2n) is 7.79. The van der Waals surface area contributed by atoms with Crippen LogP contribution >= 0.6 is 0 Å². The average molecular weight is 275 g/mol. The van der Waals surface area contributed by atoms with Gasteiger partial charge in [-0.2, -0.15) is 0 Å². The van der Waals surface area contributed by atoms with Crippen LogP contribution in [0.4, 0.5) is 0 Å². The minimum atomic E-state index is 0.796. The number of unbranched alkanes of at least 4 members (excludes halogenated alkanes) is 1. The van der Waals surface area contributed by atoms with Crippen molar-refractivity contribution in [1.29, 1.82) is 0 Å². The van der Waals surface area contributed by atoms with Gasteiger partial charge in [0.25, 0.3) is 0 Å². The van der Waals surface area contributed by atoms with E-state index in [-0.39, 0.29) is 0 Å². The van der Waals surface area contributed by atoms with Gasteiger partial charge in [0.1, 0.15) is 0 Å². The number of nitrogens with one attached hydrogen (secondary N) is 1. The Balaban J connectivity index is 1.64. The number of hydrogen-bond donors (Lipinski definition) is 1. The summed E-state index contributed by atoms with van der Waals surface area (Å²) in [5.41, 5.74) is 0. The minimum absolute atomic E-state index is 0.796. The van der Waals surface area contributed by atoms with Gasteiger partial charge in [0.2, 0.25) is 0 Å². The van der Waals surface area contributed by atoms with Crippen molar-refractivity contribution in [2.75, 3.05) is 6.54 Å². The molecule has 0 amide bonds. The normalized spacial score (nSPS) is 40.0. The van der Waals surface area contributed by atoms with Crippen LogP contribution in [0, 0.1) is 29.6 Å². The monoisotopic (exact) mass is 275 g/mol. The lowest BCUT2D eigenvalue weighted by molar-refractivity contribution is -0.0530. The van der Waals surface area contributed by atoms with Crippen molar-refractivity contribution in [1.82, 2.24) is 5.32 Å². The van der Waals surface area contributed by atoms with Gasteiger partial charge >= 0.3 is 0 Å². The topological polar surface area (TPSA) is 12.0 Å². The lowest BCUT2D eigenvalue weighted by Crippen LogP contribution is -2.53. The van der Waals surface area contributed by atoms with E-state index in [2.05, 4.69) is 24.9 Å². The fourth-order valence-corrected chi connectivity index (χ4v) is 5.87. The summed E-state index contributed by atoms with van der Waals surface area (Å²) in [6, 6.07) is 0.796. The van der Waals surface area contributed by atoms with E-state index < -0.39 is 0 Å². The molecule has 0 saturated heterocycles. The predicted octanol–water partition coefficient (Wildman–Crippen LogP) is 4.78. The fraction of sp³-hybridized carbons (Fsp3) is 0.895. The summed E-state index contributed by atoms with van der Waals surface area (Å²) in [6.45, 7) is 7.39. The molecule has 1 nitrogen and oxygen atoms in total. The van der Waals surface area contributed by atoms with Gasteiger partial charge in [-0.05, 0) is 93.9 Å². The van der Waals surface area contributed by atoms with Gasteiger partial charge in [-0.1, -0.05) is 13.0 Å². The molecular weight excluding hydrogens is 242 g/mol. The lowest BCUT2D eigenvalue weighted by Gasteiger charge is -2.56. The Labute approximate surface area is 125 Å². The zero-order valence-electron chi connectivity index (χ0n) is 13.3. The van der Waals surface area contributed by atoms with Crippen LogP contribution in [-0.2, 0) is 0 Å². The van der Waals surface area contributed by atoms with E-state index in [0.29, 0.717) is 0 Å². The van der Waals surface area contributed by atoms with Gasteiger partial charge in [-0.3, -0.25) is 0 Å². The van der Waals surface area contributed by atoms with Crippen LogP contribution in [0.2, 0.25) is 0 Å². The summed E-state index contributed by atoms with van der Waals surface area (Å²) >= 11 is 0. The maximum atomic E-state index is 3.92. The lowest BCUT2D eigenvalue weighted by atomic mass is 9.50. The molecule has 20 heavy (non-hydrogen) atoms. The van der Waals surface area contributed by atoms with E-state index in [4.69, 9.17) is 0 Å². The van der Waals surface area contributed by atoms with Crippen LogP contribution in [0.15, 0.2) is 12.7 Å². The Morgan fingerprint density at radius 2 is 1.75 bits per heavy atom. The van der Waals surface area contributed by atoms with E-state index in [1.54, 1.807) is 32.1 Å². The molecule has 1 unspecified atom stereocenters. The molecule has 0 aliphatic heterocycles. The highest BCUT2D eigenvalue weighted by Crippen LogP contribution is 2.57. The Morgan fingerprint density at radius 3 is 2.30 bits per heavy atom. The van der Waals surface area contributed by atoms with Crippen LogP contribution < -0.4 is 5.32 Å². The van der Waals surface area contributed by atoms with Crippen molar-refractivity contribution in [3.8, 4) is 0 Å². The first kappa shape index (κ1) is 14.6. The molecule has 0 aromatic rings. The first-order chi connectivity index (χ1) is 9.81. The smallest absolute Gasteiger partial charge is 0.0101 e. The van der Waals surface area contributed by atoms with Gasteiger partial charge < -0.3 is 5.32 Å². The molecule has 4 aliphatic carbocycles. The van der Waals surface area contributed by atoms with Crippen molar-refractivity contribution in [3.63, 3.8) is 0 Å². The Hall–Kier alpha value is -0.300. The summed E-state index contributed by atoms with van der Waals surface area (Å²) < 4.78 is 0. The molecule has 0 radical (unpaired) electrons. The first-order valence-corrected chi connectivity index (χ1v) is 9.16. The zero-order chi connectivity index (χ0) is 13.9. The quantitative estimate of drug-likeness (QED) is 0.496. The molecule has 0 spiro atoms. The third-order valence-corrected chi connectivity index (χ3v) is 6.34. The van der Waals surface area contributed by atoms with Crippen molar-refractivity contribution in [2.45, 2.75) is 70.8 Å². The fourth-order valence-electron chi connectivity index (χ4n) is 5.87. The highest BCUT2D eigenvalue weighted by molar-refractivity contribution is 5.01. The van der Waals surface area contributed by atoms with Crippen molar-refractivity contribution >= 4 is 0 Å². The van der Waals surface area contributed by atoms with E-state index >= 15 is 0 Å². The molecule has 1 heteroatoms. The van der Waals surface area contributed by atoms with Crippen molar-refractivity contribution in [2.24, 2.45) is 29.6 Å². The standard InChI is InChI=1S/C19H33N/c1-3-5-6-7-18(20-8-4-2)19-16-10-14-9-15(12-16)13-17(19)11-14/h3,14-20H,1,4-13H2,2H3. The molecule has 0 aromatic heterocycles. The summed E-state index contributed by atoms with van der Waals surface area (Å²) in [4.78, 5) is 0. The maximum Gasteiger partial charge on any atom is 0.0101 e. The highest BCUT2D eigenvalue weighted by Gasteiger charge is 2.50. The maximum absolute atomic E-state index is 3.92. The molecular formula is C19H33N. The molecule has 4 rings (SSSR count). The first-order valence-electron chi connectivity index (χ1n) is 9.16. The average Bonchev–Trinajstić information content (AvgIpc) is 2.43. The highest BCUT2D eigenvalue weighted by atomic mass is 14.9. The summed E-state index contributed by atoms with van der Waals surface area (Å²) in [7, 11) is 0. The zero-order valence-corrected chi connectivity index (χ0v) is 13.3. The van der Waals surface area contributed by atoms with E-state index in [9.17, 15) is 0 Å². The van der Waals surface area contributed by atoms with Gasteiger partial charge in [-0.25, -0.2) is 0 Å². The molecule has 0 heterocycles. The van der Waals surface area contributed by atoms with Crippen LogP contribution in [0.3, 0.4) is 0 Å². The summed E-state index contributed by atoms with van der Waals surface area (Å²) in [6.07, 6.45) is 15.1. The SMILES string of the molecule is C=CCCCC(NCCC)C1C2CC3CC(C2)CC1C3. The molecule has 0 aromatic carbocycles. The molecule has 4 aliphatic rings. The second-order valence-corrected chi connectivity index (χ2v) is 7.79. The van der Waals surface area contributed by atoms with Gasteiger partial charge in [-0.15, -0.1) is 6.58 Å². The molecule has 4 fully saturated rings. The molecule has 1 N–H and O–H groups in total.